The van der Waals surface area contributed by atoms with Crippen molar-refractivity contribution in [2.24, 2.45) is 5.73 Å². The van der Waals surface area contributed by atoms with E-state index in [-0.39, 0.29) is 0 Å². The molecule has 0 aliphatic carbocycles. The number of aryl methyl sites for hydroxylation is 1. The summed E-state index contributed by atoms with van der Waals surface area (Å²) in [6.07, 6.45) is 11.9. The van der Waals surface area contributed by atoms with E-state index in [2.05, 4.69) is 51.1 Å². The number of piperidine rings is 2. The molecule has 3 aliphatic rings. The Balaban J connectivity index is 1.34. The summed E-state index contributed by atoms with van der Waals surface area (Å²) < 4.78 is 0. The van der Waals surface area contributed by atoms with Crippen LogP contribution in [0.3, 0.4) is 0 Å². The average molecular weight is 420 g/mol. The molecule has 3 saturated heterocycles. The van der Waals surface area contributed by atoms with Gasteiger partial charge < -0.3 is 20.4 Å². The van der Waals surface area contributed by atoms with Crippen molar-refractivity contribution < 1.29 is 0 Å². The van der Waals surface area contributed by atoms with Crippen LogP contribution in [0.15, 0.2) is 42.6 Å². The van der Waals surface area contributed by atoms with E-state index in [1.807, 2.05) is 6.20 Å². The van der Waals surface area contributed by atoms with Gasteiger partial charge >= 0.3 is 0 Å². The lowest BCUT2D eigenvalue weighted by atomic mass is 9.95. The molecule has 2 atom stereocenters. The quantitative estimate of drug-likeness (QED) is 0.760. The molecule has 0 radical (unpaired) electrons. The minimum atomic E-state index is 0.561. The van der Waals surface area contributed by atoms with Crippen LogP contribution in [0.4, 0.5) is 17.2 Å². The Morgan fingerprint density at radius 2 is 1.71 bits per heavy atom. The van der Waals surface area contributed by atoms with E-state index >= 15 is 0 Å². The number of fused-ring (bicyclic) bond motifs is 1. The second-order valence-electron chi connectivity index (χ2n) is 9.43. The maximum absolute atomic E-state index is 5.73. The van der Waals surface area contributed by atoms with Gasteiger partial charge in [-0.3, -0.25) is 0 Å². The normalized spacial score (nSPS) is 23.8. The number of aromatic nitrogens is 1. The lowest BCUT2D eigenvalue weighted by molar-refractivity contribution is 0.433. The highest BCUT2D eigenvalue weighted by molar-refractivity contribution is 5.58. The third kappa shape index (κ3) is 4.38. The molecule has 166 valence electrons. The van der Waals surface area contributed by atoms with E-state index in [9.17, 15) is 0 Å². The van der Waals surface area contributed by atoms with Gasteiger partial charge in [-0.2, -0.15) is 0 Å². The number of nitrogens with zero attached hydrogens (tertiary/aromatic N) is 4. The zero-order valence-corrected chi connectivity index (χ0v) is 18.8. The summed E-state index contributed by atoms with van der Waals surface area (Å²) in [6, 6.07) is 14.9. The van der Waals surface area contributed by atoms with Gasteiger partial charge in [-0.15, -0.1) is 0 Å². The first-order chi connectivity index (χ1) is 15.3. The van der Waals surface area contributed by atoms with Crippen molar-refractivity contribution in [2.75, 3.05) is 47.4 Å². The fourth-order valence-electron chi connectivity index (χ4n) is 5.90. The zero-order valence-electron chi connectivity index (χ0n) is 18.8. The molecule has 3 fully saturated rings. The van der Waals surface area contributed by atoms with E-state index in [0.29, 0.717) is 12.1 Å². The Morgan fingerprint density at radius 3 is 2.58 bits per heavy atom. The van der Waals surface area contributed by atoms with Crippen molar-refractivity contribution in [3.63, 3.8) is 0 Å². The minimum Gasteiger partial charge on any atom is -0.371 e. The molecule has 2 aromatic rings. The van der Waals surface area contributed by atoms with Crippen LogP contribution in [0.1, 0.15) is 50.5 Å². The van der Waals surface area contributed by atoms with Crippen molar-refractivity contribution in [3.8, 4) is 0 Å². The van der Waals surface area contributed by atoms with Crippen LogP contribution in [0.5, 0.6) is 0 Å². The standard InChI is InChI=1S/C26H37N5/c27-13-5-8-21-7-4-9-23(19-21)30-17-6-10-24-25(30)12-18-31(24)26-20-22(11-14-28-26)29-15-2-1-3-16-29/h4,7,9,11,14,19-20,24-25H,1-3,5-6,8,10,12-13,15-18,27H2/t24-,25-/m0/s1. The summed E-state index contributed by atoms with van der Waals surface area (Å²) in [4.78, 5) is 12.6. The minimum absolute atomic E-state index is 0.561. The molecule has 5 rings (SSSR count). The van der Waals surface area contributed by atoms with Crippen LogP contribution in [-0.4, -0.2) is 49.8 Å². The number of hydrogen-bond acceptors (Lipinski definition) is 5. The van der Waals surface area contributed by atoms with Crippen LogP contribution in [0.25, 0.3) is 0 Å². The first-order valence-corrected chi connectivity index (χ1v) is 12.4. The summed E-state index contributed by atoms with van der Waals surface area (Å²) in [7, 11) is 0. The van der Waals surface area contributed by atoms with Gasteiger partial charge in [0.15, 0.2) is 0 Å². The molecule has 0 unspecified atom stereocenters. The number of rotatable bonds is 6. The third-order valence-electron chi connectivity index (χ3n) is 7.47. The Labute approximate surface area is 187 Å². The molecule has 0 spiro atoms. The van der Waals surface area contributed by atoms with Gasteiger partial charge in [-0.25, -0.2) is 4.98 Å². The van der Waals surface area contributed by atoms with E-state index < -0.39 is 0 Å². The maximum atomic E-state index is 5.73. The fourth-order valence-corrected chi connectivity index (χ4v) is 5.90. The summed E-state index contributed by atoms with van der Waals surface area (Å²) >= 11 is 0. The summed E-state index contributed by atoms with van der Waals surface area (Å²) in [5.41, 5.74) is 9.89. The molecule has 31 heavy (non-hydrogen) atoms. The predicted molar refractivity (Wildman–Crippen MR) is 130 cm³/mol. The molecule has 3 aliphatic heterocycles. The van der Waals surface area contributed by atoms with Crippen LogP contribution in [0, 0.1) is 0 Å². The SMILES string of the molecule is NCCCc1cccc(N2CCC[C@H]3[C@@H]2CCN3c2cc(N3CCCCC3)ccn2)c1. The molecular formula is C26H37N5. The van der Waals surface area contributed by atoms with Crippen molar-refractivity contribution in [2.45, 2.75) is 63.5 Å². The number of hydrogen-bond donors (Lipinski definition) is 1. The Kier molecular flexibility index (Phi) is 6.30. The van der Waals surface area contributed by atoms with Gasteiger partial charge in [-0.1, -0.05) is 12.1 Å². The van der Waals surface area contributed by atoms with Crippen molar-refractivity contribution in [3.05, 3.63) is 48.2 Å². The lowest BCUT2D eigenvalue weighted by Crippen LogP contribution is -2.50. The first-order valence-electron chi connectivity index (χ1n) is 12.4. The van der Waals surface area contributed by atoms with Crippen molar-refractivity contribution >= 4 is 17.2 Å². The number of pyridine rings is 1. The van der Waals surface area contributed by atoms with Gasteiger partial charge in [0, 0.05) is 49.8 Å². The smallest absolute Gasteiger partial charge is 0.130 e. The second kappa shape index (κ2) is 9.47. The molecule has 5 nitrogen and oxygen atoms in total. The van der Waals surface area contributed by atoms with Gasteiger partial charge in [0.25, 0.3) is 0 Å². The van der Waals surface area contributed by atoms with Crippen molar-refractivity contribution in [1.82, 2.24) is 4.98 Å². The number of anilines is 3. The topological polar surface area (TPSA) is 48.6 Å². The van der Waals surface area contributed by atoms with E-state index in [0.717, 1.165) is 32.5 Å². The van der Waals surface area contributed by atoms with Gasteiger partial charge in [0.05, 0.1) is 12.1 Å². The van der Waals surface area contributed by atoms with E-state index in [1.54, 1.807) is 0 Å². The fraction of sp³-hybridized carbons (Fsp3) is 0.577. The van der Waals surface area contributed by atoms with Gasteiger partial charge in [-0.05, 0) is 81.7 Å². The monoisotopic (exact) mass is 419 g/mol. The van der Waals surface area contributed by atoms with Crippen LogP contribution in [0.2, 0.25) is 0 Å². The highest BCUT2D eigenvalue weighted by atomic mass is 15.3. The Bertz CT molecular complexity index is 862. The summed E-state index contributed by atoms with van der Waals surface area (Å²) in [5.74, 6) is 1.18. The molecule has 1 aromatic heterocycles. The highest BCUT2D eigenvalue weighted by Gasteiger charge is 2.41. The predicted octanol–water partition coefficient (Wildman–Crippen LogP) is 4.21. The molecule has 0 bridgehead atoms. The highest BCUT2D eigenvalue weighted by Crippen LogP contribution is 2.37. The van der Waals surface area contributed by atoms with Gasteiger partial charge in [0.1, 0.15) is 5.82 Å². The molecule has 2 N–H and O–H groups in total. The van der Waals surface area contributed by atoms with Crippen LogP contribution >= 0.6 is 0 Å². The first kappa shape index (κ1) is 20.6. The Hall–Kier alpha value is -2.27. The maximum Gasteiger partial charge on any atom is 0.130 e. The van der Waals surface area contributed by atoms with Crippen LogP contribution < -0.4 is 20.4 Å². The largest absolute Gasteiger partial charge is 0.371 e. The lowest BCUT2D eigenvalue weighted by Gasteiger charge is -2.42. The molecule has 0 amide bonds. The van der Waals surface area contributed by atoms with E-state index in [4.69, 9.17) is 10.7 Å². The second-order valence-corrected chi connectivity index (χ2v) is 9.43. The van der Waals surface area contributed by atoms with E-state index in [1.165, 1.54) is 74.4 Å². The zero-order chi connectivity index (χ0) is 21.0. The molecule has 4 heterocycles. The molecule has 5 heteroatoms. The van der Waals surface area contributed by atoms with Crippen LogP contribution in [-0.2, 0) is 6.42 Å². The Morgan fingerprint density at radius 1 is 0.839 bits per heavy atom. The summed E-state index contributed by atoms with van der Waals surface area (Å²) in [6.45, 7) is 5.40. The number of nitrogens with two attached hydrogens (primary N) is 1. The summed E-state index contributed by atoms with van der Waals surface area (Å²) in [5, 5.41) is 0. The molecular weight excluding hydrogens is 382 g/mol. The molecule has 0 saturated carbocycles. The third-order valence-corrected chi connectivity index (χ3v) is 7.47. The molecule has 1 aromatic carbocycles. The van der Waals surface area contributed by atoms with Gasteiger partial charge in [0.2, 0.25) is 0 Å². The average Bonchev–Trinajstić information content (AvgIpc) is 3.28. The van der Waals surface area contributed by atoms with Crippen molar-refractivity contribution in [1.29, 1.82) is 0 Å². The number of benzene rings is 1.